The van der Waals surface area contributed by atoms with Crippen molar-refractivity contribution >= 4 is 27.3 Å². The van der Waals surface area contributed by atoms with Gasteiger partial charge in [-0.15, -0.1) is 0 Å². The Hall–Kier alpha value is -1.95. The number of nitro benzene ring substituents is 1. The summed E-state index contributed by atoms with van der Waals surface area (Å²) in [6.45, 7) is 1.93. The lowest BCUT2D eigenvalue weighted by Gasteiger charge is -2.17. The van der Waals surface area contributed by atoms with Crippen LogP contribution in [0.1, 0.15) is 18.5 Å². The van der Waals surface area contributed by atoms with Crippen LogP contribution >= 0.6 is 15.9 Å². The molecule has 0 heterocycles. The van der Waals surface area contributed by atoms with Crippen molar-refractivity contribution in [1.29, 1.82) is 0 Å². The lowest BCUT2D eigenvalue weighted by Crippen LogP contribution is -2.07. The van der Waals surface area contributed by atoms with Crippen LogP contribution in [0.15, 0.2) is 46.9 Å². The monoisotopic (exact) mass is 338 g/mol. The Balaban J connectivity index is 2.14. The summed E-state index contributed by atoms with van der Waals surface area (Å²) in [5, 5.41) is 13.8. The summed E-state index contributed by atoms with van der Waals surface area (Å²) in [6.07, 6.45) is 0. The van der Waals surface area contributed by atoms with Crippen molar-refractivity contribution in [2.24, 2.45) is 0 Å². The van der Waals surface area contributed by atoms with E-state index in [9.17, 15) is 14.5 Å². The van der Waals surface area contributed by atoms with Crippen LogP contribution in [0.25, 0.3) is 0 Å². The van der Waals surface area contributed by atoms with Gasteiger partial charge < -0.3 is 5.32 Å². The largest absolute Gasteiger partial charge is 0.378 e. The first-order valence-corrected chi connectivity index (χ1v) is 6.72. The molecule has 6 heteroatoms. The van der Waals surface area contributed by atoms with Gasteiger partial charge in [-0.25, -0.2) is 4.39 Å². The quantitative estimate of drug-likeness (QED) is 0.651. The molecule has 0 aliphatic heterocycles. The summed E-state index contributed by atoms with van der Waals surface area (Å²) in [7, 11) is 0. The maximum absolute atomic E-state index is 13.0. The highest BCUT2D eigenvalue weighted by Gasteiger charge is 2.11. The molecule has 20 heavy (non-hydrogen) atoms. The predicted molar refractivity (Wildman–Crippen MR) is 79.2 cm³/mol. The normalized spacial score (nSPS) is 11.9. The number of nitrogens with one attached hydrogen (secondary N) is 1. The fraction of sp³-hybridized carbons (Fsp3) is 0.143. The van der Waals surface area contributed by atoms with Crippen molar-refractivity contribution in [2.75, 3.05) is 5.32 Å². The molecule has 2 aromatic carbocycles. The Morgan fingerprint density at radius 1 is 1.25 bits per heavy atom. The van der Waals surface area contributed by atoms with Crippen LogP contribution in [0.4, 0.5) is 15.8 Å². The SMILES string of the molecule is CC(Nc1ccc([N+](=O)[O-])cc1)c1ccc(F)cc1Br. The summed E-state index contributed by atoms with van der Waals surface area (Å²) in [4.78, 5) is 10.1. The van der Waals surface area contributed by atoms with Gasteiger partial charge in [-0.1, -0.05) is 22.0 Å². The third-order valence-electron chi connectivity index (χ3n) is 2.89. The molecular weight excluding hydrogens is 327 g/mol. The van der Waals surface area contributed by atoms with Gasteiger partial charge >= 0.3 is 0 Å². The molecule has 0 aliphatic rings. The molecule has 2 aromatic rings. The number of hydrogen-bond acceptors (Lipinski definition) is 3. The molecule has 0 radical (unpaired) electrons. The fourth-order valence-electron chi connectivity index (χ4n) is 1.86. The smallest absolute Gasteiger partial charge is 0.269 e. The van der Waals surface area contributed by atoms with Crippen LogP contribution in [0, 0.1) is 15.9 Å². The molecule has 0 spiro atoms. The molecule has 104 valence electrons. The Labute approximate surface area is 123 Å². The van der Waals surface area contributed by atoms with Crippen molar-refractivity contribution < 1.29 is 9.31 Å². The van der Waals surface area contributed by atoms with E-state index in [1.165, 1.54) is 24.3 Å². The first-order valence-electron chi connectivity index (χ1n) is 5.93. The van der Waals surface area contributed by atoms with Crippen molar-refractivity contribution in [2.45, 2.75) is 13.0 Å². The highest BCUT2D eigenvalue weighted by atomic mass is 79.9. The third-order valence-corrected chi connectivity index (χ3v) is 3.58. The van der Waals surface area contributed by atoms with Crippen LogP contribution in [0.5, 0.6) is 0 Å². The number of anilines is 1. The maximum Gasteiger partial charge on any atom is 0.269 e. The van der Waals surface area contributed by atoms with Crippen LogP contribution in [0.3, 0.4) is 0 Å². The van der Waals surface area contributed by atoms with Gasteiger partial charge in [0.25, 0.3) is 5.69 Å². The third kappa shape index (κ3) is 3.33. The molecule has 0 bridgehead atoms. The molecule has 2 rings (SSSR count). The van der Waals surface area contributed by atoms with E-state index < -0.39 is 4.92 Å². The van der Waals surface area contributed by atoms with E-state index in [0.717, 1.165) is 11.3 Å². The van der Waals surface area contributed by atoms with Gasteiger partial charge in [0.1, 0.15) is 5.82 Å². The summed E-state index contributed by atoms with van der Waals surface area (Å²) in [5.74, 6) is -0.303. The molecule has 4 nitrogen and oxygen atoms in total. The second-order valence-corrected chi connectivity index (χ2v) is 5.19. The fourth-order valence-corrected chi connectivity index (χ4v) is 2.55. The zero-order valence-electron chi connectivity index (χ0n) is 10.6. The van der Waals surface area contributed by atoms with Crippen LogP contribution < -0.4 is 5.32 Å². The van der Waals surface area contributed by atoms with Crippen LogP contribution in [-0.2, 0) is 0 Å². The van der Waals surface area contributed by atoms with Crippen molar-refractivity contribution in [1.82, 2.24) is 0 Å². The molecule has 0 amide bonds. The Morgan fingerprint density at radius 2 is 1.90 bits per heavy atom. The molecule has 1 atom stereocenters. The molecule has 0 saturated heterocycles. The summed E-state index contributed by atoms with van der Waals surface area (Å²) in [5.41, 5.74) is 1.72. The topological polar surface area (TPSA) is 55.2 Å². The van der Waals surface area contributed by atoms with E-state index in [1.807, 2.05) is 6.92 Å². The number of halogens is 2. The van der Waals surface area contributed by atoms with Gasteiger partial charge in [-0.3, -0.25) is 10.1 Å². The summed E-state index contributed by atoms with van der Waals surface area (Å²) >= 11 is 3.32. The van der Waals surface area contributed by atoms with E-state index in [2.05, 4.69) is 21.2 Å². The average Bonchev–Trinajstić information content (AvgIpc) is 2.39. The first-order chi connectivity index (χ1) is 9.47. The van der Waals surface area contributed by atoms with Gasteiger partial charge in [-0.05, 0) is 36.8 Å². The molecule has 1 N–H and O–H groups in total. The zero-order chi connectivity index (χ0) is 14.7. The number of nitro groups is 1. The van der Waals surface area contributed by atoms with Gasteiger partial charge in [0.05, 0.1) is 4.92 Å². The van der Waals surface area contributed by atoms with E-state index in [-0.39, 0.29) is 17.5 Å². The molecule has 1 unspecified atom stereocenters. The molecular formula is C14H12BrFN2O2. The van der Waals surface area contributed by atoms with E-state index in [1.54, 1.807) is 18.2 Å². The minimum Gasteiger partial charge on any atom is -0.378 e. The van der Waals surface area contributed by atoms with Crippen LogP contribution in [0.2, 0.25) is 0 Å². The van der Waals surface area contributed by atoms with Crippen molar-refractivity contribution in [3.05, 3.63) is 68.4 Å². The number of nitrogens with zero attached hydrogens (tertiary/aromatic N) is 1. The number of non-ortho nitro benzene ring substituents is 1. The second-order valence-electron chi connectivity index (χ2n) is 4.34. The first kappa shape index (κ1) is 14.5. The number of benzene rings is 2. The molecule has 0 fully saturated rings. The summed E-state index contributed by atoms with van der Waals surface area (Å²) < 4.78 is 13.7. The van der Waals surface area contributed by atoms with Crippen molar-refractivity contribution in [3.63, 3.8) is 0 Å². The van der Waals surface area contributed by atoms with Gasteiger partial charge in [0, 0.05) is 28.3 Å². The highest BCUT2D eigenvalue weighted by molar-refractivity contribution is 9.10. The minimum absolute atomic E-state index is 0.0474. The lowest BCUT2D eigenvalue weighted by atomic mass is 10.1. The Morgan fingerprint density at radius 3 is 2.45 bits per heavy atom. The highest BCUT2D eigenvalue weighted by Crippen LogP contribution is 2.27. The van der Waals surface area contributed by atoms with Gasteiger partial charge in [0.2, 0.25) is 0 Å². The molecule has 0 aromatic heterocycles. The maximum atomic E-state index is 13.0. The predicted octanol–water partition coefficient (Wildman–Crippen LogP) is 4.67. The number of hydrogen-bond donors (Lipinski definition) is 1. The standard InChI is InChI=1S/C14H12BrFN2O2/c1-9(13-7-2-10(16)8-14(13)15)17-11-3-5-12(6-4-11)18(19)20/h2-9,17H,1H3. The number of rotatable bonds is 4. The van der Waals surface area contributed by atoms with E-state index in [0.29, 0.717) is 4.47 Å². The lowest BCUT2D eigenvalue weighted by molar-refractivity contribution is -0.384. The van der Waals surface area contributed by atoms with Crippen LogP contribution in [-0.4, -0.2) is 4.92 Å². The van der Waals surface area contributed by atoms with E-state index >= 15 is 0 Å². The van der Waals surface area contributed by atoms with E-state index in [4.69, 9.17) is 0 Å². The van der Waals surface area contributed by atoms with Gasteiger partial charge in [-0.2, -0.15) is 0 Å². The second kappa shape index (κ2) is 6.00. The Kier molecular flexibility index (Phi) is 4.34. The summed E-state index contributed by atoms with van der Waals surface area (Å²) in [6, 6.07) is 10.6. The van der Waals surface area contributed by atoms with Gasteiger partial charge in [0.15, 0.2) is 0 Å². The molecule has 0 aliphatic carbocycles. The molecule has 0 saturated carbocycles. The average molecular weight is 339 g/mol. The van der Waals surface area contributed by atoms with Crippen molar-refractivity contribution in [3.8, 4) is 0 Å². The minimum atomic E-state index is -0.441. The Bertz CT molecular complexity index is 632. The zero-order valence-corrected chi connectivity index (χ0v) is 12.2.